The Labute approximate surface area is 117 Å². The molecule has 0 aliphatic rings. The third kappa shape index (κ3) is 3.23. The van der Waals surface area contributed by atoms with Gasteiger partial charge in [0, 0.05) is 12.2 Å². The first-order chi connectivity index (χ1) is 9.61. The van der Waals surface area contributed by atoms with Crippen LogP contribution in [0.3, 0.4) is 0 Å². The minimum absolute atomic E-state index is 0.0335. The van der Waals surface area contributed by atoms with Gasteiger partial charge in [-0.1, -0.05) is 12.1 Å². The molecule has 0 spiro atoms. The van der Waals surface area contributed by atoms with Crippen molar-refractivity contribution in [2.24, 2.45) is 11.5 Å². The van der Waals surface area contributed by atoms with Gasteiger partial charge in [0.05, 0.1) is 5.69 Å². The quantitative estimate of drug-likeness (QED) is 0.736. The highest BCUT2D eigenvalue weighted by atomic mass is 16.1. The Bertz CT molecular complexity index is 620. The first-order valence-corrected chi connectivity index (χ1v) is 6.53. The van der Waals surface area contributed by atoms with Crippen LogP contribution in [0.2, 0.25) is 0 Å². The summed E-state index contributed by atoms with van der Waals surface area (Å²) >= 11 is 0. The van der Waals surface area contributed by atoms with Crippen LogP contribution in [-0.2, 0) is 0 Å². The van der Waals surface area contributed by atoms with Crippen molar-refractivity contribution in [3.63, 3.8) is 0 Å². The topological polar surface area (TPSA) is 113 Å². The first-order valence-electron chi connectivity index (χ1n) is 6.53. The third-order valence-electron chi connectivity index (χ3n) is 3.14. The smallest absolute Gasteiger partial charge is 0.354 e. The van der Waals surface area contributed by atoms with E-state index in [0.717, 1.165) is 24.1 Å². The largest absolute Gasteiger partial charge is 0.383 e. The Morgan fingerprint density at radius 2 is 1.90 bits per heavy atom. The number of nitrogens with two attached hydrogens (primary N) is 3. The van der Waals surface area contributed by atoms with Crippen molar-refractivity contribution in [1.29, 1.82) is 0 Å². The molecule has 2 aromatic rings. The molecule has 0 amide bonds. The predicted octanol–water partition coefficient (Wildman–Crippen LogP) is 0.553. The van der Waals surface area contributed by atoms with Crippen molar-refractivity contribution >= 4 is 5.82 Å². The Morgan fingerprint density at radius 3 is 2.50 bits per heavy atom. The summed E-state index contributed by atoms with van der Waals surface area (Å²) in [5.74, 6) is 0.215. The number of hydrogen-bond acceptors (Lipinski definition) is 5. The van der Waals surface area contributed by atoms with Gasteiger partial charge in [0.1, 0.15) is 5.82 Å². The Kier molecular flexibility index (Phi) is 4.49. The maximum Gasteiger partial charge on any atom is 0.354 e. The van der Waals surface area contributed by atoms with Crippen molar-refractivity contribution in [1.82, 2.24) is 9.55 Å². The number of rotatable bonds is 5. The second kappa shape index (κ2) is 6.31. The van der Waals surface area contributed by atoms with Crippen LogP contribution in [0.5, 0.6) is 0 Å². The average Bonchev–Trinajstić information content (AvgIpc) is 2.45. The molecular formula is C14H19N5O. The predicted molar refractivity (Wildman–Crippen MR) is 79.5 cm³/mol. The number of nitrogen functional groups attached to an aromatic ring is 1. The fourth-order valence-corrected chi connectivity index (χ4v) is 2.00. The van der Waals surface area contributed by atoms with Crippen LogP contribution in [0.25, 0.3) is 5.69 Å². The minimum Gasteiger partial charge on any atom is -0.383 e. The molecule has 1 unspecified atom stereocenters. The standard InChI is InChI=1S/C14H19N5O/c15-8-1-2-12(16)10-3-5-11(6-4-10)19-9-7-13(17)18-14(19)20/h3-7,9,12H,1-2,8,15-16H2,(H2,17,18,20). The zero-order valence-corrected chi connectivity index (χ0v) is 11.2. The molecule has 0 aliphatic carbocycles. The van der Waals surface area contributed by atoms with Crippen molar-refractivity contribution < 1.29 is 0 Å². The van der Waals surface area contributed by atoms with Gasteiger partial charge in [-0.2, -0.15) is 4.98 Å². The highest BCUT2D eigenvalue weighted by Crippen LogP contribution is 2.17. The molecule has 0 fully saturated rings. The van der Waals surface area contributed by atoms with Crippen molar-refractivity contribution in [2.45, 2.75) is 18.9 Å². The lowest BCUT2D eigenvalue weighted by atomic mass is 10.0. The molecule has 0 bridgehead atoms. The van der Waals surface area contributed by atoms with E-state index < -0.39 is 5.69 Å². The molecule has 6 nitrogen and oxygen atoms in total. The van der Waals surface area contributed by atoms with Gasteiger partial charge in [-0.05, 0) is 43.1 Å². The van der Waals surface area contributed by atoms with Crippen LogP contribution in [0.15, 0.2) is 41.3 Å². The Hall–Kier alpha value is -2.18. The molecule has 0 aliphatic heterocycles. The van der Waals surface area contributed by atoms with Gasteiger partial charge in [-0.15, -0.1) is 0 Å². The number of aromatic nitrogens is 2. The summed E-state index contributed by atoms with van der Waals surface area (Å²) in [4.78, 5) is 15.4. The summed E-state index contributed by atoms with van der Waals surface area (Å²) in [6.45, 7) is 0.637. The normalized spacial score (nSPS) is 12.3. The number of nitrogens with zero attached hydrogens (tertiary/aromatic N) is 2. The van der Waals surface area contributed by atoms with Crippen LogP contribution < -0.4 is 22.9 Å². The van der Waals surface area contributed by atoms with Crippen molar-refractivity contribution in [2.75, 3.05) is 12.3 Å². The van der Waals surface area contributed by atoms with Crippen LogP contribution in [0.1, 0.15) is 24.4 Å². The molecule has 1 atom stereocenters. The van der Waals surface area contributed by atoms with E-state index in [0.29, 0.717) is 6.54 Å². The molecule has 1 aromatic carbocycles. The lowest BCUT2D eigenvalue weighted by Gasteiger charge is -2.12. The molecule has 106 valence electrons. The van der Waals surface area contributed by atoms with Crippen LogP contribution in [-0.4, -0.2) is 16.1 Å². The average molecular weight is 273 g/mol. The summed E-state index contributed by atoms with van der Waals surface area (Å²) in [5.41, 5.74) is 18.4. The highest BCUT2D eigenvalue weighted by Gasteiger charge is 2.06. The van der Waals surface area contributed by atoms with Gasteiger partial charge in [0.25, 0.3) is 0 Å². The van der Waals surface area contributed by atoms with Crippen molar-refractivity contribution in [3.05, 3.63) is 52.6 Å². The van der Waals surface area contributed by atoms with E-state index in [2.05, 4.69) is 4.98 Å². The summed E-state index contributed by atoms with van der Waals surface area (Å²) in [5, 5.41) is 0. The maximum absolute atomic E-state index is 11.7. The fourth-order valence-electron chi connectivity index (χ4n) is 2.00. The van der Waals surface area contributed by atoms with Crippen molar-refractivity contribution in [3.8, 4) is 5.69 Å². The summed E-state index contributed by atoms with van der Waals surface area (Å²) in [6.07, 6.45) is 3.34. The van der Waals surface area contributed by atoms with Crippen LogP contribution in [0, 0.1) is 0 Å². The zero-order chi connectivity index (χ0) is 14.5. The molecule has 0 radical (unpaired) electrons. The maximum atomic E-state index is 11.7. The van der Waals surface area contributed by atoms with E-state index in [1.807, 2.05) is 24.3 Å². The van der Waals surface area contributed by atoms with Gasteiger partial charge >= 0.3 is 5.69 Å². The van der Waals surface area contributed by atoms with Gasteiger partial charge < -0.3 is 17.2 Å². The summed E-state index contributed by atoms with van der Waals surface area (Å²) in [7, 11) is 0. The van der Waals surface area contributed by atoms with E-state index in [1.54, 1.807) is 12.3 Å². The van der Waals surface area contributed by atoms with Crippen LogP contribution >= 0.6 is 0 Å². The molecule has 1 aromatic heterocycles. The number of hydrogen-bond donors (Lipinski definition) is 3. The molecule has 0 saturated heterocycles. The summed E-state index contributed by atoms with van der Waals surface area (Å²) < 4.78 is 1.44. The van der Waals surface area contributed by atoms with Gasteiger partial charge in [0.15, 0.2) is 0 Å². The van der Waals surface area contributed by atoms with Gasteiger partial charge in [-0.25, -0.2) is 4.79 Å². The molecule has 2 rings (SSSR count). The Balaban J connectivity index is 2.21. The first kappa shape index (κ1) is 14.2. The number of anilines is 1. The second-order valence-electron chi connectivity index (χ2n) is 4.63. The SMILES string of the molecule is NCCCC(N)c1ccc(-n2ccc(N)nc2=O)cc1. The fraction of sp³-hybridized carbons (Fsp3) is 0.286. The minimum atomic E-state index is -0.398. The lowest BCUT2D eigenvalue weighted by Crippen LogP contribution is -2.21. The molecule has 1 heterocycles. The monoisotopic (exact) mass is 273 g/mol. The van der Waals surface area contributed by atoms with E-state index >= 15 is 0 Å². The van der Waals surface area contributed by atoms with E-state index in [1.165, 1.54) is 4.57 Å². The summed E-state index contributed by atoms with van der Waals surface area (Å²) in [6, 6.07) is 9.07. The van der Waals surface area contributed by atoms with Crippen LogP contribution in [0.4, 0.5) is 5.82 Å². The third-order valence-corrected chi connectivity index (χ3v) is 3.14. The molecular weight excluding hydrogens is 254 g/mol. The Morgan fingerprint density at radius 1 is 1.20 bits per heavy atom. The van der Waals surface area contributed by atoms with E-state index in [4.69, 9.17) is 17.2 Å². The van der Waals surface area contributed by atoms with Gasteiger partial charge in [0.2, 0.25) is 0 Å². The lowest BCUT2D eigenvalue weighted by molar-refractivity contribution is 0.618. The van der Waals surface area contributed by atoms with E-state index in [9.17, 15) is 4.79 Å². The van der Waals surface area contributed by atoms with Gasteiger partial charge in [-0.3, -0.25) is 4.57 Å². The molecule has 6 heteroatoms. The second-order valence-corrected chi connectivity index (χ2v) is 4.63. The highest BCUT2D eigenvalue weighted by molar-refractivity contribution is 5.37. The number of benzene rings is 1. The van der Waals surface area contributed by atoms with E-state index in [-0.39, 0.29) is 11.9 Å². The molecule has 6 N–H and O–H groups in total. The molecule has 20 heavy (non-hydrogen) atoms. The molecule has 0 saturated carbocycles. The zero-order valence-electron chi connectivity index (χ0n) is 11.2.